The maximum absolute atomic E-state index is 12.8. The first-order chi connectivity index (χ1) is 13.4. The molecule has 0 aliphatic rings. The molecule has 28 heavy (non-hydrogen) atoms. The van der Waals surface area contributed by atoms with Gasteiger partial charge in [0, 0.05) is 22.6 Å². The number of anilines is 1. The lowest BCUT2D eigenvalue weighted by molar-refractivity contribution is 0.102. The zero-order chi connectivity index (χ0) is 19.8. The van der Waals surface area contributed by atoms with Crippen molar-refractivity contribution in [2.75, 3.05) is 5.32 Å². The average molecular weight is 415 g/mol. The number of fused-ring (bicyclic) bond motifs is 1. The van der Waals surface area contributed by atoms with Gasteiger partial charge >= 0.3 is 0 Å². The number of nitrogens with zero attached hydrogens (tertiary/aromatic N) is 5. The molecule has 0 atom stereocenters. The zero-order valence-corrected chi connectivity index (χ0v) is 16.7. The minimum atomic E-state index is -0.377. The predicted octanol–water partition coefficient (Wildman–Crippen LogP) is 4.15. The van der Waals surface area contributed by atoms with E-state index in [2.05, 4.69) is 20.5 Å². The van der Waals surface area contributed by atoms with Crippen molar-refractivity contribution in [3.05, 3.63) is 75.3 Å². The molecule has 0 saturated carbocycles. The number of halogens is 2. The van der Waals surface area contributed by atoms with E-state index in [1.165, 1.54) is 6.20 Å². The molecule has 9 heteroatoms. The van der Waals surface area contributed by atoms with Crippen molar-refractivity contribution in [1.82, 2.24) is 24.4 Å². The summed E-state index contributed by atoms with van der Waals surface area (Å²) in [6.45, 7) is 4.21. The van der Waals surface area contributed by atoms with Gasteiger partial charge in [-0.3, -0.25) is 9.48 Å². The van der Waals surface area contributed by atoms with E-state index < -0.39 is 0 Å². The van der Waals surface area contributed by atoms with Gasteiger partial charge < -0.3 is 5.32 Å². The van der Waals surface area contributed by atoms with E-state index in [9.17, 15) is 4.79 Å². The summed E-state index contributed by atoms with van der Waals surface area (Å²) in [4.78, 5) is 17.2. The Bertz CT molecular complexity index is 1200. The summed E-state index contributed by atoms with van der Waals surface area (Å²) in [7, 11) is 0. The van der Waals surface area contributed by atoms with Gasteiger partial charge in [0.05, 0.1) is 12.7 Å². The molecule has 0 unspecified atom stereocenters. The average Bonchev–Trinajstić information content (AvgIpc) is 3.21. The maximum atomic E-state index is 12.8. The monoisotopic (exact) mass is 414 g/mol. The first-order valence-electron chi connectivity index (χ1n) is 8.52. The van der Waals surface area contributed by atoms with E-state index in [-0.39, 0.29) is 11.7 Å². The molecule has 4 rings (SSSR count). The smallest absolute Gasteiger partial charge is 0.262 e. The summed E-state index contributed by atoms with van der Waals surface area (Å²) < 4.78 is 3.25. The Kier molecular flexibility index (Phi) is 4.78. The van der Waals surface area contributed by atoms with Crippen LogP contribution < -0.4 is 5.32 Å². The van der Waals surface area contributed by atoms with E-state index in [4.69, 9.17) is 23.2 Å². The molecule has 7 nitrogen and oxygen atoms in total. The predicted molar refractivity (Wildman–Crippen MR) is 108 cm³/mol. The first kappa shape index (κ1) is 18.5. The standard InChI is InChI=1S/C19H16Cl2N6O/c1-11-7-12(2)27-18(23-11)14(8-22-27)19(28)24-17-16(21)10-26(25-17)9-13-5-3-4-6-15(13)20/h3-8,10H,9H2,1-2H3,(H,24,25,28). The molecular formula is C19H16Cl2N6O. The van der Waals surface area contributed by atoms with Crippen LogP contribution in [0.2, 0.25) is 10.0 Å². The van der Waals surface area contributed by atoms with Gasteiger partial charge in [0.2, 0.25) is 0 Å². The molecule has 0 radical (unpaired) electrons. The summed E-state index contributed by atoms with van der Waals surface area (Å²) in [5, 5.41) is 12.3. The van der Waals surface area contributed by atoms with Crippen molar-refractivity contribution in [3.8, 4) is 0 Å². The van der Waals surface area contributed by atoms with Gasteiger partial charge in [-0.05, 0) is 31.5 Å². The Morgan fingerprint density at radius 2 is 1.96 bits per heavy atom. The number of carbonyl (C=O) groups excluding carboxylic acids is 1. The minimum absolute atomic E-state index is 0.266. The number of rotatable bonds is 4. The largest absolute Gasteiger partial charge is 0.304 e. The molecule has 0 aliphatic heterocycles. The summed E-state index contributed by atoms with van der Waals surface area (Å²) in [6.07, 6.45) is 3.13. The van der Waals surface area contributed by atoms with Crippen molar-refractivity contribution >= 4 is 40.6 Å². The molecule has 3 aromatic heterocycles. The van der Waals surface area contributed by atoms with E-state index in [0.717, 1.165) is 17.0 Å². The number of hydrogen-bond acceptors (Lipinski definition) is 4. The van der Waals surface area contributed by atoms with Crippen molar-refractivity contribution in [3.63, 3.8) is 0 Å². The lowest BCUT2D eigenvalue weighted by atomic mass is 10.2. The normalized spacial score (nSPS) is 11.1. The number of carbonyl (C=O) groups is 1. The second-order valence-corrected chi connectivity index (χ2v) is 7.22. The number of nitrogens with one attached hydrogen (secondary N) is 1. The maximum Gasteiger partial charge on any atom is 0.262 e. The van der Waals surface area contributed by atoms with Crippen LogP contribution in [-0.4, -0.2) is 30.3 Å². The summed E-state index contributed by atoms with van der Waals surface area (Å²) >= 11 is 12.5. The Morgan fingerprint density at radius 1 is 1.18 bits per heavy atom. The third kappa shape index (κ3) is 3.46. The number of aromatic nitrogens is 5. The Balaban J connectivity index is 1.59. The fraction of sp³-hybridized carbons (Fsp3) is 0.158. The van der Waals surface area contributed by atoms with Gasteiger partial charge in [0.15, 0.2) is 11.5 Å². The molecule has 1 aromatic carbocycles. The molecule has 0 fully saturated rings. The van der Waals surface area contributed by atoms with Crippen LogP contribution in [-0.2, 0) is 6.54 Å². The fourth-order valence-electron chi connectivity index (χ4n) is 2.97. The summed E-state index contributed by atoms with van der Waals surface area (Å²) in [5.41, 5.74) is 3.44. The van der Waals surface area contributed by atoms with Crippen LogP contribution in [0, 0.1) is 13.8 Å². The van der Waals surface area contributed by atoms with Crippen molar-refractivity contribution in [2.24, 2.45) is 0 Å². The second kappa shape index (κ2) is 7.26. The third-order valence-corrected chi connectivity index (χ3v) is 4.91. The highest BCUT2D eigenvalue weighted by Gasteiger charge is 2.18. The SMILES string of the molecule is Cc1cc(C)n2ncc(C(=O)Nc3nn(Cc4ccccc4Cl)cc3Cl)c2n1. The van der Waals surface area contributed by atoms with Gasteiger partial charge in [0.25, 0.3) is 5.91 Å². The van der Waals surface area contributed by atoms with E-state index >= 15 is 0 Å². The molecule has 0 saturated heterocycles. The molecule has 4 aromatic rings. The van der Waals surface area contributed by atoms with Crippen LogP contribution in [0.1, 0.15) is 27.3 Å². The fourth-order valence-corrected chi connectivity index (χ4v) is 3.36. The molecule has 0 aliphatic carbocycles. The molecule has 0 spiro atoms. The summed E-state index contributed by atoms with van der Waals surface area (Å²) in [5.74, 6) is -0.111. The van der Waals surface area contributed by atoms with E-state index in [1.807, 2.05) is 44.2 Å². The lowest BCUT2D eigenvalue weighted by Gasteiger charge is -2.04. The highest BCUT2D eigenvalue weighted by Crippen LogP contribution is 2.23. The van der Waals surface area contributed by atoms with Crippen LogP contribution in [0.3, 0.4) is 0 Å². The second-order valence-electron chi connectivity index (χ2n) is 6.40. The first-order valence-corrected chi connectivity index (χ1v) is 9.27. The van der Waals surface area contributed by atoms with Crippen LogP contribution in [0.5, 0.6) is 0 Å². The number of benzene rings is 1. The summed E-state index contributed by atoms with van der Waals surface area (Å²) in [6, 6.07) is 9.38. The number of hydrogen-bond donors (Lipinski definition) is 1. The topological polar surface area (TPSA) is 77.1 Å². The van der Waals surface area contributed by atoms with E-state index in [1.54, 1.807) is 15.4 Å². The van der Waals surface area contributed by atoms with Gasteiger partial charge in [0.1, 0.15) is 10.6 Å². The Hall–Kier alpha value is -2.90. The quantitative estimate of drug-likeness (QED) is 0.543. The Morgan fingerprint density at radius 3 is 2.75 bits per heavy atom. The van der Waals surface area contributed by atoms with Crippen molar-refractivity contribution in [2.45, 2.75) is 20.4 Å². The van der Waals surface area contributed by atoms with Crippen LogP contribution in [0.15, 0.2) is 42.7 Å². The zero-order valence-electron chi connectivity index (χ0n) is 15.1. The Labute approximate surface area is 170 Å². The molecular weight excluding hydrogens is 399 g/mol. The molecule has 0 bridgehead atoms. The highest BCUT2D eigenvalue weighted by atomic mass is 35.5. The van der Waals surface area contributed by atoms with Crippen molar-refractivity contribution < 1.29 is 4.79 Å². The molecule has 1 N–H and O–H groups in total. The van der Waals surface area contributed by atoms with Gasteiger partial charge in [-0.2, -0.15) is 10.2 Å². The third-order valence-electron chi connectivity index (χ3n) is 4.26. The van der Waals surface area contributed by atoms with Crippen LogP contribution in [0.25, 0.3) is 5.65 Å². The van der Waals surface area contributed by atoms with Gasteiger partial charge in [-0.1, -0.05) is 41.4 Å². The van der Waals surface area contributed by atoms with Crippen LogP contribution >= 0.6 is 23.2 Å². The highest BCUT2D eigenvalue weighted by molar-refractivity contribution is 6.33. The van der Waals surface area contributed by atoms with Crippen LogP contribution in [0.4, 0.5) is 5.82 Å². The number of amides is 1. The molecule has 1 amide bonds. The van der Waals surface area contributed by atoms with Gasteiger partial charge in [-0.15, -0.1) is 0 Å². The lowest BCUT2D eigenvalue weighted by Crippen LogP contribution is -2.13. The van der Waals surface area contributed by atoms with Gasteiger partial charge in [-0.25, -0.2) is 9.50 Å². The minimum Gasteiger partial charge on any atom is -0.304 e. The molecule has 142 valence electrons. The number of aryl methyl sites for hydroxylation is 2. The van der Waals surface area contributed by atoms with E-state index in [0.29, 0.717) is 27.8 Å². The van der Waals surface area contributed by atoms with Crippen molar-refractivity contribution in [1.29, 1.82) is 0 Å². The molecule has 3 heterocycles.